The number of nitrogen functional groups attached to an aromatic ring is 1. The van der Waals surface area contributed by atoms with Gasteiger partial charge in [-0.2, -0.15) is 0 Å². The number of nitrogens with two attached hydrogens (primary N) is 1. The number of esters is 1. The van der Waals surface area contributed by atoms with Crippen LogP contribution in [-0.2, 0) is 4.74 Å². The van der Waals surface area contributed by atoms with Crippen molar-refractivity contribution in [3.8, 4) is 0 Å². The van der Waals surface area contributed by atoms with Crippen LogP contribution < -0.4 is 5.73 Å². The fourth-order valence-corrected chi connectivity index (χ4v) is 2.52. The Bertz CT molecular complexity index is 639. The van der Waals surface area contributed by atoms with Crippen molar-refractivity contribution >= 4 is 23.4 Å². The first-order chi connectivity index (χ1) is 9.52. The molecule has 0 atom stereocenters. The monoisotopic (exact) mass is 295 g/mol. The molecule has 106 valence electrons. The Balaban J connectivity index is 2.36. The molecule has 0 unspecified atom stereocenters. The minimum absolute atomic E-state index is 0.0641. The van der Waals surface area contributed by atoms with Gasteiger partial charge in [0, 0.05) is 10.6 Å². The van der Waals surface area contributed by atoms with Gasteiger partial charge in [0.15, 0.2) is 0 Å². The van der Waals surface area contributed by atoms with Crippen LogP contribution in [0, 0.1) is 12.7 Å². The van der Waals surface area contributed by atoms with E-state index in [2.05, 4.69) is 0 Å². The molecule has 1 aromatic heterocycles. The highest BCUT2D eigenvalue weighted by Gasteiger charge is 2.17. The molecular weight excluding hydrogens is 281 g/mol. The Labute approximate surface area is 120 Å². The van der Waals surface area contributed by atoms with E-state index in [1.807, 2.05) is 0 Å². The van der Waals surface area contributed by atoms with Crippen molar-refractivity contribution in [2.45, 2.75) is 23.6 Å². The molecule has 1 aromatic carbocycles. The van der Waals surface area contributed by atoms with Crippen molar-refractivity contribution < 1.29 is 18.3 Å². The van der Waals surface area contributed by atoms with Gasteiger partial charge >= 0.3 is 5.97 Å². The molecule has 0 saturated carbocycles. The van der Waals surface area contributed by atoms with Crippen LogP contribution in [0.5, 0.6) is 0 Å². The number of ether oxygens (including phenoxy) is 1. The molecule has 0 amide bonds. The number of furan rings is 1. The zero-order valence-electron chi connectivity index (χ0n) is 11.1. The van der Waals surface area contributed by atoms with Crippen molar-refractivity contribution in [2.24, 2.45) is 0 Å². The lowest BCUT2D eigenvalue weighted by Gasteiger charge is -2.09. The number of hydrogen-bond donors (Lipinski definition) is 1. The summed E-state index contributed by atoms with van der Waals surface area (Å²) in [6.45, 7) is 3.71. The fraction of sp³-hybridized carbons (Fsp3) is 0.214. The summed E-state index contributed by atoms with van der Waals surface area (Å²) in [6.07, 6.45) is 1.53. The normalized spacial score (nSPS) is 10.6. The predicted octanol–water partition coefficient (Wildman–Crippen LogP) is 3.64. The first-order valence-corrected chi connectivity index (χ1v) is 6.82. The molecule has 0 spiro atoms. The largest absolute Gasteiger partial charge is 0.468 e. The molecule has 2 aromatic rings. The Morgan fingerprint density at radius 2 is 2.20 bits per heavy atom. The molecule has 0 saturated heterocycles. The molecule has 20 heavy (non-hydrogen) atoms. The highest BCUT2D eigenvalue weighted by atomic mass is 32.2. The zero-order chi connectivity index (χ0) is 14.7. The number of anilines is 1. The van der Waals surface area contributed by atoms with Crippen LogP contribution in [0.3, 0.4) is 0 Å². The summed E-state index contributed by atoms with van der Waals surface area (Å²) in [7, 11) is 0. The minimum Gasteiger partial charge on any atom is -0.468 e. The molecule has 0 fully saturated rings. The van der Waals surface area contributed by atoms with E-state index in [0.29, 0.717) is 10.7 Å². The van der Waals surface area contributed by atoms with E-state index in [-0.39, 0.29) is 17.9 Å². The van der Waals surface area contributed by atoms with Crippen LogP contribution in [0.1, 0.15) is 23.0 Å². The number of hydrogen-bond acceptors (Lipinski definition) is 5. The zero-order valence-corrected chi connectivity index (χ0v) is 11.9. The van der Waals surface area contributed by atoms with E-state index in [1.54, 1.807) is 19.9 Å². The average Bonchev–Trinajstić information content (AvgIpc) is 2.78. The first-order valence-electron chi connectivity index (χ1n) is 6.01. The fourth-order valence-electron chi connectivity index (χ4n) is 1.63. The highest BCUT2D eigenvalue weighted by Crippen LogP contribution is 2.34. The molecule has 0 bridgehead atoms. The van der Waals surface area contributed by atoms with E-state index >= 15 is 0 Å². The lowest BCUT2D eigenvalue weighted by atomic mass is 10.2. The van der Waals surface area contributed by atoms with Gasteiger partial charge in [-0.05, 0) is 32.0 Å². The first kappa shape index (κ1) is 14.5. The van der Waals surface area contributed by atoms with E-state index in [0.717, 1.165) is 11.0 Å². The Morgan fingerprint density at radius 1 is 1.45 bits per heavy atom. The summed E-state index contributed by atoms with van der Waals surface area (Å²) < 4.78 is 24.0. The van der Waals surface area contributed by atoms with Crippen LogP contribution in [0.2, 0.25) is 0 Å². The average molecular weight is 295 g/mol. The third-order valence-corrected chi connectivity index (χ3v) is 3.81. The predicted molar refractivity (Wildman–Crippen MR) is 74.3 cm³/mol. The summed E-state index contributed by atoms with van der Waals surface area (Å²) in [6, 6.07) is 4.27. The van der Waals surface area contributed by atoms with Gasteiger partial charge in [0.1, 0.15) is 11.6 Å². The summed E-state index contributed by atoms with van der Waals surface area (Å²) in [5.74, 6) is -0.360. The van der Waals surface area contributed by atoms with Crippen LogP contribution >= 0.6 is 11.8 Å². The highest BCUT2D eigenvalue weighted by molar-refractivity contribution is 7.99. The van der Waals surface area contributed by atoms with Gasteiger partial charge in [0.25, 0.3) is 0 Å². The molecule has 6 heteroatoms. The van der Waals surface area contributed by atoms with Gasteiger partial charge in [-0.1, -0.05) is 11.8 Å². The third kappa shape index (κ3) is 2.96. The molecule has 0 aliphatic rings. The molecule has 4 nitrogen and oxygen atoms in total. The van der Waals surface area contributed by atoms with Gasteiger partial charge in [0.2, 0.25) is 0 Å². The van der Waals surface area contributed by atoms with Crippen LogP contribution in [0.4, 0.5) is 10.1 Å². The molecule has 1 heterocycles. The Kier molecular flexibility index (Phi) is 4.34. The number of rotatable bonds is 4. The standard InChI is InChI=1S/C14H14FNO3S/c1-3-18-14(17)9-6-13(10(15)7-11(9)16)20-12-4-5-19-8(12)2/h4-7H,3,16H2,1-2H3. The molecule has 0 radical (unpaired) electrons. The summed E-state index contributed by atoms with van der Waals surface area (Å²) in [4.78, 5) is 12.8. The van der Waals surface area contributed by atoms with Crippen molar-refractivity contribution in [1.82, 2.24) is 0 Å². The van der Waals surface area contributed by atoms with Crippen LogP contribution in [-0.4, -0.2) is 12.6 Å². The van der Waals surface area contributed by atoms with Gasteiger partial charge < -0.3 is 14.9 Å². The summed E-state index contributed by atoms with van der Waals surface area (Å²) in [5.41, 5.74) is 5.88. The van der Waals surface area contributed by atoms with Crippen molar-refractivity contribution in [3.63, 3.8) is 0 Å². The molecule has 0 aliphatic carbocycles. The van der Waals surface area contributed by atoms with Gasteiger partial charge in [0.05, 0.1) is 23.3 Å². The minimum atomic E-state index is -0.559. The van der Waals surface area contributed by atoms with E-state index < -0.39 is 11.8 Å². The maximum absolute atomic E-state index is 13.9. The maximum Gasteiger partial charge on any atom is 0.340 e. The molecule has 0 aliphatic heterocycles. The van der Waals surface area contributed by atoms with Crippen molar-refractivity contribution in [1.29, 1.82) is 0 Å². The molecule has 2 rings (SSSR count). The van der Waals surface area contributed by atoms with Crippen LogP contribution in [0.25, 0.3) is 0 Å². The second-order valence-corrected chi connectivity index (χ2v) is 5.12. The number of carbonyl (C=O) groups is 1. The Hall–Kier alpha value is -1.95. The second-order valence-electron chi connectivity index (χ2n) is 4.03. The van der Waals surface area contributed by atoms with E-state index in [1.165, 1.54) is 24.1 Å². The van der Waals surface area contributed by atoms with Gasteiger partial charge in [-0.3, -0.25) is 0 Å². The van der Waals surface area contributed by atoms with Gasteiger partial charge in [-0.15, -0.1) is 0 Å². The molecular formula is C14H14FNO3S. The number of benzene rings is 1. The topological polar surface area (TPSA) is 65.5 Å². The quantitative estimate of drug-likeness (QED) is 0.689. The SMILES string of the molecule is CCOC(=O)c1cc(Sc2ccoc2C)c(F)cc1N. The number of carbonyl (C=O) groups excluding carboxylic acids is 1. The third-order valence-electron chi connectivity index (χ3n) is 2.63. The van der Waals surface area contributed by atoms with Crippen molar-refractivity contribution in [2.75, 3.05) is 12.3 Å². The smallest absolute Gasteiger partial charge is 0.340 e. The number of halogens is 1. The van der Waals surface area contributed by atoms with E-state index in [4.69, 9.17) is 14.9 Å². The second kappa shape index (κ2) is 6.00. The summed E-state index contributed by atoms with van der Waals surface area (Å²) >= 11 is 1.17. The van der Waals surface area contributed by atoms with Crippen molar-refractivity contribution in [3.05, 3.63) is 41.6 Å². The lowest BCUT2D eigenvalue weighted by Crippen LogP contribution is -2.08. The molecule has 2 N–H and O–H groups in total. The Morgan fingerprint density at radius 3 is 2.80 bits per heavy atom. The van der Waals surface area contributed by atoms with Crippen LogP contribution in [0.15, 0.2) is 38.7 Å². The lowest BCUT2D eigenvalue weighted by molar-refractivity contribution is 0.0527. The summed E-state index contributed by atoms with van der Waals surface area (Å²) in [5, 5.41) is 0. The number of aryl methyl sites for hydroxylation is 1. The maximum atomic E-state index is 13.9. The van der Waals surface area contributed by atoms with Gasteiger partial charge in [-0.25, -0.2) is 9.18 Å². The van der Waals surface area contributed by atoms with E-state index in [9.17, 15) is 9.18 Å².